The predicted octanol–water partition coefficient (Wildman–Crippen LogP) is 3.41. The number of hydrogen-bond acceptors (Lipinski definition) is 3. The minimum atomic E-state index is -3.65. The second kappa shape index (κ2) is 7.89. The van der Waals surface area contributed by atoms with Gasteiger partial charge in [0.15, 0.2) is 0 Å². The zero-order valence-electron chi connectivity index (χ0n) is 14.1. The van der Waals surface area contributed by atoms with Crippen molar-refractivity contribution >= 4 is 10.0 Å². The molecular formula is C19H21NO3S. The third-order valence-corrected chi connectivity index (χ3v) is 5.18. The zero-order valence-corrected chi connectivity index (χ0v) is 14.9. The van der Waals surface area contributed by atoms with E-state index in [0.717, 1.165) is 5.56 Å². The quantitative estimate of drug-likeness (QED) is 0.617. The Morgan fingerprint density at radius 3 is 2.38 bits per heavy atom. The summed E-state index contributed by atoms with van der Waals surface area (Å²) in [7, 11) is -2.09. The maximum atomic E-state index is 12.8. The number of rotatable bonds is 5. The lowest BCUT2D eigenvalue weighted by atomic mass is 10.2. The van der Waals surface area contributed by atoms with Gasteiger partial charge in [0.1, 0.15) is 5.75 Å². The Kier molecular flexibility index (Phi) is 5.88. The first-order chi connectivity index (χ1) is 11.5. The molecule has 4 nitrogen and oxygen atoms in total. The van der Waals surface area contributed by atoms with Gasteiger partial charge in [-0.3, -0.25) is 0 Å². The van der Waals surface area contributed by atoms with E-state index in [4.69, 9.17) is 4.74 Å². The van der Waals surface area contributed by atoms with E-state index in [9.17, 15) is 8.42 Å². The Bertz CT molecular complexity index is 846. The molecule has 0 unspecified atom stereocenters. The van der Waals surface area contributed by atoms with E-state index in [0.29, 0.717) is 24.3 Å². The number of ether oxygens (including phenoxy) is 1. The van der Waals surface area contributed by atoms with E-state index in [1.54, 1.807) is 43.5 Å². The van der Waals surface area contributed by atoms with E-state index in [1.807, 2.05) is 26.0 Å². The second-order valence-electron chi connectivity index (χ2n) is 5.33. The Labute approximate surface area is 144 Å². The Balaban J connectivity index is 2.40. The van der Waals surface area contributed by atoms with Crippen molar-refractivity contribution in [1.29, 1.82) is 0 Å². The zero-order chi connectivity index (χ0) is 17.6. The van der Waals surface area contributed by atoms with Crippen LogP contribution in [0.5, 0.6) is 5.75 Å². The van der Waals surface area contributed by atoms with Gasteiger partial charge in [0.2, 0.25) is 0 Å². The second-order valence-corrected chi connectivity index (χ2v) is 7.19. The van der Waals surface area contributed by atoms with Crippen molar-refractivity contribution in [2.45, 2.75) is 25.2 Å². The maximum absolute atomic E-state index is 12.8. The van der Waals surface area contributed by atoms with Gasteiger partial charge in [-0.1, -0.05) is 36.8 Å². The lowest BCUT2D eigenvalue weighted by molar-refractivity contribution is 0.413. The molecule has 0 saturated heterocycles. The monoisotopic (exact) mass is 343 g/mol. The number of methoxy groups -OCH3 is 1. The summed E-state index contributed by atoms with van der Waals surface area (Å²) >= 11 is 0. The number of para-hydroxylation sites is 1. The molecule has 0 radical (unpaired) electrons. The molecule has 0 atom stereocenters. The highest BCUT2D eigenvalue weighted by molar-refractivity contribution is 7.89. The lowest BCUT2D eigenvalue weighted by Crippen LogP contribution is -2.27. The molecule has 2 aromatic rings. The first-order valence-electron chi connectivity index (χ1n) is 7.73. The molecule has 0 aromatic heterocycles. The largest absolute Gasteiger partial charge is 0.495 e. The highest BCUT2D eigenvalue weighted by Crippen LogP contribution is 2.18. The van der Waals surface area contributed by atoms with Gasteiger partial charge >= 0.3 is 0 Å². The summed E-state index contributed by atoms with van der Waals surface area (Å²) in [6.45, 7) is 4.17. The molecule has 0 fully saturated rings. The lowest BCUT2D eigenvalue weighted by Gasteiger charge is -2.17. The third-order valence-electron chi connectivity index (χ3n) is 3.46. The molecule has 0 aliphatic rings. The van der Waals surface area contributed by atoms with Crippen LogP contribution in [0.15, 0.2) is 53.4 Å². The number of aryl methyl sites for hydroxylation is 1. The van der Waals surface area contributed by atoms with Crippen molar-refractivity contribution in [1.82, 2.24) is 4.31 Å². The standard InChI is InChI=1S/C19H21NO3S/c1-4-14-20(15-13-17-7-5-6-8-19(17)23-3)24(21,22)18-11-9-16(2)10-12-18/h5-12H,4,14H2,1-3H3. The number of nitrogens with zero attached hydrogens (tertiary/aromatic N) is 1. The number of hydrogen-bond donors (Lipinski definition) is 0. The molecule has 24 heavy (non-hydrogen) atoms. The summed E-state index contributed by atoms with van der Waals surface area (Å²) in [5, 5.41) is 0. The fourth-order valence-electron chi connectivity index (χ4n) is 2.15. The van der Waals surface area contributed by atoms with E-state index in [-0.39, 0.29) is 4.90 Å². The van der Waals surface area contributed by atoms with Crippen LogP contribution >= 0.6 is 0 Å². The van der Waals surface area contributed by atoms with Crippen LogP contribution in [0, 0.1) is 18.9 Å². The average Bonchev–Trinajstić information content (AvgIpc) is 2.59. The van der Waals surface area contributed by atoms with Crippen LogP contribution in [0.1, 0.15) is 24.5 Å². The summed E-state index contributed by atoms with van der Waals surface area (Å²) in [5.74, 6) is 3.53. The van der Waals surface area contributed by atoms with E-state index in [1.165, 1.54) is 4.31 Å². The van der Waals surface area contributed by atoms with Gasteiger partial charge in [-0.05, 0) is 43.5 Å². The Hall–Kier alpha value is -2.45. The third kappa shape index (κ3) is 4.09. The molecule has 0 amide bonds. The van der Waals surface area contributed by atoms with Gasteiger partial charge in [-0.2, -0.15) is 0 Å². The maximum Gasteiger partial charge on any atom is 0.270 e. The van der Waals surface area contributed by atoms with Gasteiger partial charge in [-0.15, -0.1) is 0 Å². The van der Waals surface area contributed by atoms with E-state index in [2.05, 4.69) is 12.0 Å². The SMILES string of the molecule is CCCN(C#Cc1ccccc1OC)S(=O)(=O)c1ccc(C)cc1. The van der Waals surface area contributed by atoms with Crippen molar-refractivity contribution in [3.05, 3.63) is 59.7 Å². The van der Waals surface area contributed by atoms with Crippen molar-refractivity contribution < 1.29 is 13.2 Å². The molecule has 0 heterocycles. The summed E-state index contributed by atoms with van der Waals surface area (Å²) in [6.07, 6.45) is 0.672. The predicted molar refractivity (Wildman–Crippen MR) is 95.2 cm³/mol. The molecule has 126 valence electrons. The van der Waals surface area contributed by atoms with Gasteiger partial charge in [0.25, 0.3) is 10.0 Å². The van der Waals surface area contributed by atoms with Crippen molar-refractivity contribution in [2.24, 2.45) is 0 Å². The summed E-state index contributed by atoms with van der Waals surface area (Å²) in [5.41, 5.74) is 1.66. The summed E-state index contributed by atoms with van der Waals surface area (Å²) in [6, 6.07) is 16.8. The summed E-state index contributed by atoms with van der Waals surface area (Å²) in [4.78, 5) is 0.246. The van der Waals surface area contributed by atoms with Crippen LogP contribution in [0.4, 0.5) is 0 Å². The van der Waals surface area contributed by atoms with Crippen molar-refractivity contribution in [3.63, 3.8) is 0 Å². The molecule has 0 N–H and O–H groups in total. The van der Waals surface area contributed by atoms with E-state index >= 15 is 0 Å². The van der Waals surface area contributed by atoms with E-state index < -0.39 is 10.0 Å². The Morgan fingerprint density at radius 2 is 1.75 bits per heavy atom. The first-order valence-corrected chi connectivity index (χ1v) is 9.17. The minimum Gasteiger partial charge on any atom is -0.495 e. The molecular weight excluding hydrogens is 322 g/mol. The number of benzene rings is 2. The highest BCUT2D eigenvalue weighted by atomic mass is 32.2. The van der Waals surface area contributed by atoms with Gasteiger partial charge in [0.05, 0.1) is 17.6 Å². The van der Waals surface area contributed by atoms with Crippen molar-refractivity contribution in [2.75, 3.05) is 13.7 Å². The molecule has 5 heteroatoms. The minimum absolute atomic E-state index is 0.246. The molecule has 2 rings (SSSR count). The van der Waals surface area contributed by atoms with Gasteiger partial charge < -0.3 is 4.74 Å². The highest BCUT2D eigenvalue weighted by Gasteiger charge is 2.21. The van der Waals surface area contributed by atoms with Gasteiger partial charge in [-0.25, -0.2) is 12.7 Å². The number of sulfonamides is 1. The Morgan fingerprint density at radius 1 is 1.08 bits per heavy atom. The van der Waals surface area contributed by atoms with Crippen LogP contribution in [0.25, 0.3) is 0 Å². The summed E-state index contributed by atoms with van der Waals surface area (Å²) < 4.78 is 32.1. The first kappa shape index (κ1) is 17.9. The fraction of sp³-hybridized carbons (Fsp3) is 0.263. The van der Waals surface area contributed by atoms with Gasteiger partial charge in [0, 0.05) is 12.6 Å². The van der Waals surface area contributed by atoms with Crippen LogP contribution in [0.2, 0.25) is 0 Å². The average molecular weight is 343 g/mol. The molecule has 0 aliphatic heterocycles. The fourth-order valence-corrected chi connectivity index (χ4v) is 3.47. The normalized spacial score (nSPS) is 10.6. The van der Waals surface area contributed by atoms with Crippen LogP contribution in [-0.2, 0) is 10.0 Å². The van der Waals surface area contributed by atoms with Crippen LogP contribution in [-0.4, -0.2) is 26.4 Å². The molecule has 0 saturated carbocycles. The molecule has 0 bridgehead atoms. The van der Waals surface area contributed by atoms with Crippen LogP contribution in [0.3, 0.4) is 0 Å². The smallest absolute Gasteiger partial charge is 0.270 e. The topological polar surface area (TPSA) is 46.6 Å². The molecule has 2 aromatic carbocycles. The molecule has 0 spiro atoms. The van der Waals surface area contributed by atoms with Crippen molar-refractivity contribution in [3.8, 4) is 17.7 Å². The van der Waals surface area contributed by atoms with Crippen LogP contribution < -0.4 is 4.74 Å². The molecule has 0 aliphatic carbocycles.